The molecule has 1 heterocycles. The molecule has 0 fully saturated rings. The molecule has 0 aliphatic rings. The summed E-state index contributed by atoms with van der Waals surface area (Å²) in [5.41, 5.74) is 8.91. The quantitative estimate of drug-likeness (QED) is 0.631. The predicted molar refractivity (Wildman–Crippen MR) is 71.6 cm³/mol. The van der Waals surface area contributed by atoms with E-state index in [2.05, 4.69) is 18.2 Å². The van der Waals surface area contributed by atoms with Crippen LogP contribution in [0.15, 0.2) is 36.7 Å². The van der Waals surface area contributed by atoms with Crippen LogP contribution in [0.3, 0.4) is 0 Å². The lowest BCUT2D eigenvalue weighted by Gasteiger charge is -2.02. The highest BCUT2D eigenvalue weighted by atomic mass is 15.3. The second-order valence-corrected chi connectivity index (χ2v) is 4.29. The summed E-state index contributed by atoms with van der Waals surface area (Å²) >= 11 is 0. The molecule has 0 aliphatic carbocycles. The van der Waals surface area contributed by atoms with E-state index in [1.165, 1.54) is 19.3 Å². The normalized spacial score (nSPS) is 10.6. The third-order valence-corrected chi connectivity index (χ3v) is 2.90. The second-order valence-electron chi connectivity index (χ2n) is 4.29. The summed E-state index contributed by atoms with van der Waals surface area (Å²) in [6.45, 7) is 3.19. The molecule has 90 valence electrons. The number of hydrogen-bond donors (Lipinski definition) is 1. The average Bonchev–Trinajstić information content (AvgIpc) is 2.79. The maximum Gasteiger partial charge on any atom is 0.0569 e. The topological polar surface area (TPSA) is 43.8 Å². The number of nitrogen functional groups attached to an aromatic ring is 1. The predicted octanol–water partition coefficient (Wildman–Crippen LogP) is 3.32. The van der Waals surface area contributed by atoms with Crippen LogP contribution in [0.4, 0.5) is 5.69 Å². The van der Waals surface area contributed by atoms with Crippen molar-refractivity contribution in [1.82, 2.24) is 9.78 Å². The lowest BCUT2D eigenvalue weighted by atomic mass is 10.1. The van der Waals surface area contributed by atoms with Crippen molar-refractivity contribution in [3.63, 3.8) is 0 Å². The highest BCUT2D eigenvalue weighted by molar-refractivity contribution is 5.75. The number of benzene rings is 1. The maximum atomic E-state index is 5.95. The Hall–Kier alpha value is -1.77. The minimum atomic E-state index is 0.806. The molecule has 0 aliphatic heterocycles. The van der Waals surface area contributed by atoms with Gasteiger partial charge in [0.2, 0.25) is 0 Å². The molecular formula is C14H19N3. The van der Waals surface area contributed by atoms with Gasteiger partial charge in [0.25, 0.3) is 0 Å². The van der Waals surface area contributed by atoms with E-state index in [1.807, 2.05) is 35.1 Å². The first kappa shape index (κ1) is 11.7. The summed E-state index contributed by atoms with van der Waals surface area (Å²) < 4.78 is 2.00. The van der Waals surface area contributed by atoms with Crippen LogP contribution in [0.1, 0.15) is 26.2 Å². The molecule has 0 bridgehead atoms. The monoisotopic (exact) mass is 229 g/mol. The van der Waals surface area contributed by atoms with Gasteiger partial charge in [-0.2, -0.15) is 5.10 Å². The minimum Gasteiger partial charge on any atom is -0.398 e. The van der Waals surface area contributed by atoms with E-state index in [0.717, 1.165) is 23.4 Å². The Morgan fingerprint density at radius 1 is 1.24 bits per heavy atom. The van der Waals surface area contributed by atoms with Gasteiger partial charge in [0, 0.05) is 29.6 Å². The summed E-state index contributed by atoms with van der Waals surface area (Å²) in [4.78, 5) is 0. The van der Waals surface area contributed by atoms with Crippen molar-refractivity contribution >= 4 is 5.69 Å². The number of para-hydroxylation sites is 1. The smallest absolute Gasteiger partial charge is 0.0569 e. The van der Waals surface area contributed by atoms with Crippen LogP contribution >= 0.6 is 0 Å². The Labute approximate surface area is 102 Å². The van der Waals surface area contributed by atoms with E-state index in [-0.39, 0.29) is 0 Å². The summed E-state index contributed by atoms with van der Waals surface area (Å²) in [5, 5.41) is 4.37. The number of unbranched alkanes of at least 4 members (excludes halogenated alkanes) is 2. The molecule has 0 amide bonds. The van der Waals surface area contributed by atoms with Crippen molar-refractivity contribution < 1.29 is 0 Å². The summed E-state index contributed by atoms with van der Waals surface area (Å²) in [7, 11) is 0. The van der Waals surface area contributed by atoms with Crippen LogP contribution in [0.25, 0.3) is 11.1 Å². The van der Waals surface area contributed by atoms with Crippen LogP contribution in [-0.4, -0.2) is 9.78 Å². The highest BCUT2D eigenvalue weighted by Crippen LogP contribution is 2.24. The van der Waals surface area contributed by atoms with E-state index in [1.54, 1.807) is 0 Å². The van der Waals surface area contributed by atoms with Crippen molar-refractivity contribution in [1.29, 1.82) is 0 Å². The molecule has 0 saturated carbocycles. The van der Waals surface area contributed by atoms with Gasteiger partial charge < -0.3 is 5.73 Å². The fourth-order valence-electron chi connectivity index (χ4n) is 1.91. The van der Waals surface area contributed by atoms with Crippen molar-refractivity contribution in [3.05, 3.63) is 36.7 Å². The first-order chi connectivity index (χ1) is 8.31. The zero-order valence-electron chi connectivity index (χ0n) is 10.3. The van der Waals surface area contributed by atoms with Crippen LogP contribution in [0.2, 0.25) is 0 Å². The van der Waals surface area contributed by atoms with Gasteiger partial charge in [-0.3, -0.25) is 4.68 Å². The number of hydrogen-bond acceptors (Lipinski definition) is 2. The number of nitrogens with zero attached hydrogens (tertiary/aromatic N) is 2. The van der Waals surface area contributed by atoms with Crippen LogP contribution < -0.4 is 5.73 Å². The summed E-state index contributed by atoms with van der Waals surface area (Å²) in [6.07, 6.45) is 7.63. The molecule has 1 aromatic carbocycles. The Balaban J connectivity index is 2.10. The molecule has 3 nitrogen and oxygen atoms in total. The van der Waals surface area contributed by atoms with Gasteiger partial charge in [0.1, 0.15) is 0 Å². The van der Waals surface area contributed by atoms with Crippen LogP contribution in [0, 0.1) is 0 Å². The van der Waals surface area contributed by atoms with Crippen molar-refractivity contribution in [2.75, 3.05) is 5.73 Å². The van der Waals surface area contributed by atoms with E-state index in [0.29, 0.717) is 0 Å². The first-order valence-electron chi connectivity index (χ1n) is 6.18. The van der Waals surface area contributed by atoms with E-state index in [9.17, 15) is 0 Å². The fraction of sp³-hybridized carbons (Fsp3) is 0.357. The molecule has 2 aromatic rings. The second kappa shape index (κ2) is 5.53. The summed E-state index contributed by atoms with van der Waals surface area (Å²) in [5.74, 6) is 0. The van der Waals surface area contributed by atoms with Crippen molar-refractivity contribution in [3.8, 4) is 11.1 Å². The van der Waals surface area contributed by atoms with Gasteiger partial charge >= 0.3 is 0 Å². The molecule has 0 unspecified atom stereocenters. The highest BCUT2D eigenvalue weighted by Gasteiger charge is 2.04. The standard InChI is InChI=1S/C14H19N3/c1-2-3-6-9-17-11-12(10-16-17)13-7-4-5-8-14(13)15/h4-5,7-8,10-11H,2-3,6,9,15H2,1H3. The first-order valence-corrected chi connectivity index (χ1v) is 6.18. The molecule has 2 N–H and O–H groups in total. The number of anilines is 1. The number of aryl methyl sites for hydroxylation is 1. The Bertz CT molecular complexity index is 474. The molecular weight excluding hydrogens is 210 g/mol. The van der Waals surface area contributed by atoms with Gasteiger partial charge in [0.15, 0.2) is 0 Å². The molecule has 2 rings (SSSR count). The largest absolute Gasteiger partial charge is 0.398 e. The number of aromatic nitrogens is 2. The van der Waals surface area contributed by atoms with E-state index in [4.69, 9.17) is 5.73 Å². The Kier molecular flexibility index (Phi) is 3.81. The molecule has 17 heavy (non-hydrogen) atoms. The molecule has 1 aromatic heterocycles. The summed E-state index contributed by atoms with van der Waals surface area (Å²) in [6, 6.07) is 7.90. The third-order valence-electron chi connectivity index (χ3n) is 2.90. The zero-order chi connectivity index (χ0) is 12.1. The van der Waals surface area contributed by atoms with E-state index >= 15 is 0 Å². The van der Waals surface area contributed by atoms with Gasteiger partial charge in [-0.15, -0.1) is 0 Å². The van der Waals surface area contributed by atoms with Crippen LogP contribution in [0.5, 0.6) is 0 Å². The maximum absolute atomic E-state index is 5.95. The molecule has 0 atom stereocenters. The SMILES string of the molecule is CCCCCn1cc(-c2ccccc2N)cn1. The molecule has 0 saturated heterocycles. The lowest BCUT2D eigenvalue weighted by molar-refractivity contribution is 0.553. The lowest BCUT2D eigenvalue weighted by Crippen LogP contribution is -1.97. The van der Waals surface area contributed by atoms with Crippen molar-refractivity contribution in [2.45, 2.75) is 32.7 Å². The van der Waals surface area contributed by atoms with E-state index < -0.39 is 0 Å². The number of rotatable bonds is 5. The third kappa shape index (κ3) is 2.87. The minimum absolute atomic E-state index is 0.806. The Morgan fingerprint density at radius 2 is 2.06 bits per heavy atom. The zero-order valence-corrected chi connectivity index (χ0v) is 10.3. The van der Waals surface area contributed by atoms with Crippen LogP contribution in [-0.2, 0) is 6.54 Å². The van der Waals surface area contributed by atoms with Crippen molar-refractivity contribution in [2.24, 2.45) is 0 Å². The van der Waals surface area contributed by atoms with Gasteiger partial charge in [0.05, 0.1) is 6.20 Å². The number of nitrogens with two attached hydrogens (primary N) is 1. The van der Waals surface area contributed by atoms with Gasteiger partial charge in [-0.05, 0) is 12.5 Å². The average molecular weight is 229 g/mol. The molecule has 3 heteroatoms. The van der Waals surface area contributed by atoms with Gasteiger partial charge in [-0.25, -0.2) is 0 Å². The fourth-order valence-corrected chi connectivity index (χ4v) is 1.91. The molecule has 0 radical (unpaired) electrons. The van der Waals surface area contributed by atoms with Gasteiger partial charge in [-0.1, -0.05) is 38.0 Å². The Morgan fingerprint density at radius 3 is 2.82 bits per heavy atom. The molecule has 0 spiro atoms.